The molecule has 2 aromatic heterocycles. The standard InChI is InChI=1S/C22H18N6OS/c1-13-17-10-16(7-8-18(17)25-12-24-13)20-19(15-6-4-5-14(9-15)11-23)26-21(30-20)27-22(29)28(2)3/h4-10,12H,1-3H3,(H,26,27,29). The van der Waals surface area contributed by atoms with Gasteiger partial charge in [-0.1, -0.05) is 29.5 Å². The number of urea groups is 1. The molecule has 0 aliphatic rings. The van der Waals surface area contributed by atoms with Crippen LogP contribution in [0.3, 0.4) is 0 Å². The van der Waals surface area contributed by atoms with Gasteiger partial charge in [-0.3, -0.25) is 5.32 Å². The van der Waals surface area contributed by atoms with Crippen molar-refractivity contribution in [1.29, 1.82) is 5.26 Å². The Hall–Kier alpha value is -3.83. The van der Waals surface area contributed by atoms with Crippen LogP contribution in [0.1, 0.15) is 11.3 Å². The fourth-order valence-corrected chi connectivity index (χ4v) is 4.00. The van der Waals surface area contributed by atoms with E-state index in [-0.39, 0.29) is 6.03 Å². The molecule has 0 aliphatic heterocycles. The van der Waals surface area contributed by atoms with Crippen molar-refractivity contribution in [3.05, 3.63) is 60.0 Å². The van der Waals surface area contributed by atoms with Gasteiger partial charge in [-0.15, -0.1) is 0 Å². The minimum atomic E-state index is -0.254. The molecule has 30 heavy (non-hydrogen) atoms. The number of fused-ring (bicyclic) bond motifs is 1. The molecular weight excluding hydrogens is 396 g/mol. The van der Waals surface area contributed by atoms with E-state index in [1.54, 1.807) is 32.6 Å². The average molecular weight is 414 g/mol. The van der Waals surface area contributed by atoms with Gasteiger partial charge in [0.2, 0.25) is 0 Å². The zero-order valence-corrected chi connectivity index (χ0v) is 17.5. The minimum absolute atomic E-state index is 0.254. The number of rotatable bonds is 3. The van der Waals surface area contributed by atoms with Crippen molar-refractivity contribution in [3.63, 3.8) is 0 Å². The van der Waals surface area contributed by atoms with Gasteiger partial charge < -0.3 is 4.90 Å². The smallest absolute Gasteiger partial charge is 0.323 e. The lowest BCUT2D eigenvalue weighted by atomic mass is 10.0. The summed E-state index contributed by atoms with van der Waals surface area (Å²) >= 11 is 1.39. The second kappa shape index (κ2) is 7.89. The summed E-state index contributed by atoms with van der Waals surface area (Å²) in [7, 11) is 3.35. The molecule has 4 rings (SSSR count). The van der Waals surface area contributed by atoms with Crippen molar-refractivity contribution in [2.24, 2.45) is 0 Å². The van der Waals surface area contributed by atoms with E-state index in [9.17, 15) is 10.1 Å². The Labute approximate surface area is 177 Å². The first-order valence-electron chi connectivity index (χ1n) is 9.17. The summed E-state index contributed by atoms with van der Waals surface area (Å²) < 4.78 is 0. The molecule has 0 unspecified atom stereocenters. The Bertz CT molecular complexity index is 1300. The van der Waals surface area contributed by atoms with Crippen LogP contribution >= 0.6 is 11.3 Å². The first-order valence-corrected chi connectivity index (χ1v) is 9.99. The highest BCUT2D eigenvalue weighted by Gasteiger charge is 2.18. The van der Waals surface area contributed by atoms with Gasteiger partial charge in [0.25, 0.3) is 0 Å². The predicted octanol–water partition coefficient (Wildman–Crippen LogP) is 4.69. The molecule has 0 saturated carbocycles. The van der Waals surface area contributed by atoms with Crippen molar-refractivity contribution in [2.45, 2.75) is 6.92 Å². The van der Waals surface area contributed by atoms with Crippen molar-refractivity contribution in [2.75, 3.05) is 19.4 Å². The Kier molecular flexibility index (Phi) is 5.12. The van der Waals surface area contributed by atoms with E-state index in [4.69, 9.17) is 0 Å². The van der Waals surface area contributed by atoms with E-state index in [1.807, 2.05) is 37.3 Å². The molecule has 0 bridgehead atoms. The van der Waals surface area contributed by atoms with Gasteiger partial charge in [-0.05, 0) is 36.8 Å². The topological polar surface area (TPSA) is 94.8 Å². The third kappa shape index (κ3) is 3.71. The van der Waals surface area contributed by atoms with Crippen LogP contribution < -0.4 is 5.32 Å². The molecule has 0 atom stereocenters. The second-order valence-electron chi connectivity index (χ2n) is 6.90. The highest BCUT2D eigenvalue weighted by Crippen LogP contribution is 2.40. The molecule has 148 valence electrons. The second-order valence-corrected chi connectivity index (χ2v) is 7.90. The minimum Gasteiger partial charge on any atom is -0.331 e. The summed E-state index contributed by atoms with van der Waals surface area (Å²) in [4.78, 5) is 27.8. The van der Waals surface area contributed by atoms with E-state index in [0.29, 0.717) is 16.4 Å². The number of anilines is 1. The molecule has 0 aliphatic carbocycles. The third-order valence-electron chi connectivity index (χ3n) is 4.61. The van der Waals surface area contributed by atoms with Gasteiger partial charge in [-0.25, -0.2) is 19.7 Å². The Balaban J connectivity index is 1.89. The lowest BCUT2D eigenvalue weighted by Crippen LogP contribution is -2.27. The number of aryl methyl sites for hydroxylation is 1. The van der Waals surface area contributed by atoms with E-state index in [0.717, 1.165) is 32.6 Å². The van der Waals surface area contributed by atoms with E-state index in [1.165, 1.54) is 16.2 Å². The van der Waals surface area contributed by atoms with Crippen molar-refractivity contribution in [1.82, 2.24) is 19.9 Å². The number of amides is 2. The molecule has 2 aromatic carbocycles. The van der Waals surface area contributed by atoms with Crippen LogP contribution in [-0.2, 0) is 0 Å². The van der Waals surface area contributed by atoms with Gasteiger partial charge in [-0.2, -0.15) is 5.26 Å². The van der Waals surface area contributed by atoms with Crippen molar-refractivity contribution < 1.29 is 4.79 Å². The molecule has 0 fully saturated rings. The molecule has 8 heteroatoms. The van der Waals surface area contributed by atoms with Gasteiger partial charge >= 0.3 is 6.03 Å². The largest absolute Gasteiger partial charge is 0.331 e. The van der Waals surface area contributed by atoms with Crippen LogP contribution in [0.5, 0.6) is 0 Å². The summed E-state index contributed by atoms with van der Waals surface area (Å²) in [5, 5.41) is 13.6. The number of nitrogens with one attached hydrogen (secondary N) is 1. The number of carbonyl (C=O) groups excluding carboxylic acids is 1. The van der Waals surface area contributed by atoms with Crippen LogP contribution in [0, 0.1) is 18.3 Å². The fraction of sp³-hybridized carbons (Fsp3) is 0.136. The molecule has 0 radical (unpaired) electrons. The molecule has 0 saturated heterocycles. The van der Waals surface area contributed by atoms with Gasteiger partial charge in [0, 0.05) is 30.7 Å². The molecule has 2 amide bonds. The van der Waals surface area contributed by atoms with Crippen LogP contribution in [0.25, 0.3) is 32.6 Å². The molecule has 4 aromatic rings. The van der Waals surface area contributed by atoms with Crippen LogP contribution in [-0.4, -0.2) is 40.0 Å². The van der Waals surface area contributed by atoms with Crippen LogP contribution in [0.15, 0.2) is 48.8 Å². The number of aromatic nitrogens is 3. The van der Waals surface area contributed by atoms with Crippen LogP contribution in [0.2, 0.25) is 0 Å². The number of benzene rings is 2. The summed E-state index contributed by atoms with van der Waals surface area (Å²) in [6.07, 6.45) is 1.55. The zero-order valence-electron chi connectivity index (χ0n) is 16.7. The SMILES string of the molecule is Cc1ncnc2ccc(-c3sc(NC(=O)N(C)C)nc3-c3cccc(C#N)c3)cc12. The summed E-state index contributed by atoms with van der Waals surface area (Å²) in [5.41, 5.74) is 4.77. The Morgan fingerprint density at radius 2 is 1.97 bits per heavy atom. The lowest BCUT2D eigenvalue weighted by Gasteiger charge is -2.09. The monoisotopic (exact) mass is 414 g/mol. The summed E-state index contributed by atoms with van der Waals surface area (Å²) in [6, 6.07) is 15.2. The number of thiazole rings is 1. The maximum atomic E-state index is 12.1. The summed E-state index contributed by atoms with van der Waals surface area (Å²) in [5.74, 6) is 0. The lowest BCUT2D eigenvalue weighted by molar-refractivity contribution is 0.230. The molecule has 2 heterocycles. The highest BCUT2D eigenvalue weighted by molar-refractivity contribution is 7.19. The molecule has 0 spiro atoms. The molecule has 7 nitrogen and oxygen atoms in total. The number of carbonyl (C=O) groups is 1. The quantitative estimate of drug-likeness (QED) is 0.525. The first kappa shape index (κ1) is 19.5. The van der Waals surface area contributed by atoms with Gasteiger partial charge in [0.1, 0.15) is 6.33 Å². The zero-order chi connectivity index (χ0) is 21.3. The number of nitrogens with zero attached hydrogens (tertiary/aromatic N) is 5. The third-order valence-corrected chi connectivity index (χ3v) is 5.63. The number of hydrogen-bond donors (Lipinski definition) is 1. The summed E-state index contributed by atoms with van der Waals surface area (Å²) in [6.45, 7) is 1.94. The highest BCUT2D eigenvalue weighted by atomic mass is 32.1. The number of nitriles is 1. The number of hydrogen-bond acceptors (Lipinski definition) is 6. The van der Waals surface area contributed by atoms with Crippen LogP contribution in [0.4, 0.5) is 9.93 Å². The molecule has 1 N–H and O–H groups in total. The molecular formula is C22H18N6OS. The maximum Gasteiger partial charge on any atom is 0.323 e. The predicted molar refractivity (Wildman–Crippen MR) is 118 cm³/mol. The Morgan fingerprint density at radius 1 is 1.13 bits per heavy atom. The van der Waals surface area contributed by atoms with Gasteiger partial charge in [0.15, 0.2) is 5.13 Å². The van der Waals surface area contributed by atoms with Gasteiger partial charge in [0.05, 0.1) is 27.7 Å². The average Bonchev–Trinajstić information content (AvgIpc) is 3.17. The maximum absolute atomic E-state index is 12.1. The van der Waals surface area contributed by atoms with Crippen molar-refractivity contribution in [3.8, 4) is 27.8 Å². The first-order chi connectivity index (χ1) is 14.5. The van der Waals surface area contributed by atoms with E-state index in [2.05, 4.69) is 26.3 Å². The van der Waals surface area contributed by atoms with E-state index >= 15 is 0 Å². The van der Waals surface area contributed by atoms with E-state index < -0.39 is 0 Å². The normalized spacial score (nSPS) is 10.6. The fourth-order valence-electron chi connectivity index (χ4n) is 3.03. The Morgan fingerprint density at radius 3 is 2.73 bits per heavy atom. The van der Waals surface area contributed by atoms with Crippen molar-refractivity contribution >= 4 is 33.4 Å².